The first-order chi connectivity index (χ1) is 15.5. The zero-order chi connectivity index (χ0) is 24.2. The Balaban J connectivity index is 1.91. The van der Waals surface area contributed by atoms with Gasteiger partial charge < -0.3 is 10.2 Å². The lowest BCUT2D eigenvalue weighted by molar-refractivity contribution is -0.149. The Morgan fingerprint density at radius 1 is 1.18 bits per heavy atom. The molecule has 174 valence electrons. The molecule has 0 radical (unpaired) electrons. The van der Waals surface area contributed by atoms with Gasteiger partial charge in [0, 0.05) is 20.2 Å². The average molecular weight is 603 g/mol. The van der Waals surface area contributed by atoms with Crippen LogP contribution >= 0.6 is 45.8 Å². The molecule has 2 aromatic carbocycles. The Morgan fingerprint density at radius 3 is 2.39 bits per heavy atom. The average Bonchev–Trinajstić information content (AvgIpc) is 3.20. The molecule has 2 amide bonds. The van der Waals surface area contributed by atoms with Crippen LogP contribution in [0.25, 0.3) is 0 Å². The highest BCUT2D eigenvalue weighted by Gasteiger charge is 2.69. The smallest absolute Gasteiger partial charge is 0.324 e. The van der Waals surface area contributed by atoms with Gasteiger partial charge in [-0.1, -0.05) is 37.0 Å². The van der Waals surface area contributed by atoms with Gasteiger partial charge in [0.25, 0.3) is 0 Å². The van der Waals surface area contributed by atoms with Crippen molar-refractivity contribution >= 4 is 69.3 Å². The number of aliphatic carboxylic acids is 1. The molecule has 7 nitrogen and oxygen atoms in total. The number of phenolic OH excluding ortho intramolecular Hbond substituents is 1. The molecule has 4 rings (SSSR count). The summed E-state index contributed by atoms with van der Waals surface area (Å²) < 4.78 is 0.924. The van der Waals surface area contributed by atoms with Crippen LogP contribution in [0.5, 0.6) is 5.75 Å². The molecule has 0 spiro atoms. The minimum atomic E-state index is -1.71. The number of hydrogen-bond donors (Lipinski definition) is 3. The first-order valence-electron chi connectivity index (χ1n) is 10.3. The van der Waals surface area contributed by atoms with E-state index in [0.29, 0.717) is 5.69 Å². The van der Waals surface area contributed by atoms with Gasteiger partial charge in [0.15, 0.2) is 0 Å². The van der Waals surface area contributed by atoms with Crippen molar-refractivity contribution in [1.82, 2.24) is 5.32 Å². The highest BCUT2D eigenvalue weighted by molar-refractivity contribution is 14.1. The van der Waals surface area contributed by atoms with E-state index < -0.39 is 41.2 Å². The van der Waals surface area contributed by atoms with Crippen LogP contribution in [0.1, 0.15) is 31.9 Å². The molecule has 0 aliphatic carbocycles. The van der Waals surface area contributed by atoms with Crippen LogP contribution in [0, 0.1) is 21.3 Å². The van der Waals surface area contributed by atoms with Crippen LogP contribution in [0.4, 0.5) is 5.69 Å². The summed E-state index contributed by atoms with van der Waals surface area (Å²) >= 11 is 14.4. The van der Waals surface area contributed by atoms with Crippen molar-refractivity contribution in [3.05, 3.63) is 55.6 Å². The largest absolute Gasteiger partial charge is 0.506 e. The first-order valence-corrected chi connectivity index (χ1v) is 12.1. The molecule has 2 saturated heterocycles. The van der Waals surface area contributed by atoms with Gasteiger partial charge in [-0.2, -0.15) is 0 Å². The number of hydrogen-bond acceptors (Lipinski definition) is 5. The van der Waals surface area contributed by atoms with Gasteiger partial charge in [-0.25, -0.2) is 4.90 Å². The molecule has 4 atom stereocenters. The van der Waals surface area contributed by atoms with E-state index >= 15 is 0 Å². The van der Waals surface area contributed by atoms with Crippen LogP contribution in [0.3, 0.4) is 0 Å². The molecule has 0 aromatic heterocycles. The number of halogens is 3. The number of carbonyl (C=O) groups is 3. The first kappa shape index (κ1) is 24.3. The zero-order valence-corrected chi connectivity index (χ0v) is 21.4. The molecule has 10 heteroatoms. The number of nitrogens with one attached hydrogen (secondary N) is 1. The van der Waals surface area contributed by atoms with Crippen LogP contribution in [-0.2, 0) is 14.4 Å². The summed E-state index contributed by atoms with van der Waals surface area (Å²) in [6, 6.07) is 8.65. The van der Waals surface area contributed by atoms with E-state index in [1.165, 1.54) is 12.1 Å². The van der Waals surface area contributed by atoms with Crippen LogP contribution in [0.2, 0.25) is 10.0 Å². The third kappa shape index (κ3) is 3.90. The lowest BCUT2D eigenvalue weighted by atomic mass is 9.75. The second-order valence-electron chi connectivity index (χ2n) is 8.81. The number of amides is 2. The standard InChI is InChI=1S/C23H21Cl2IN2O5/c1-10(2)9-23(22(32)33)17-16(18(27-23)14-7-11(24)8-15(25)19(14)29)20(30)28(21(17)31)13-5-3-12(26)4-6-13/h3-8,10,16-18,27,29H,9H2,1-2H3,(H,32,33). The normalized spacial score (nSPS) is 26.8. The SMILES string of the molecule is CC(C)CC1(C(=O)O)NC(c2cc(Cl)cc(Cl)c2O)C2C(=O)N(c3ccc(I)cc3)C(=O)C21. The highest BCUT2D eigenvalue weighted by Crippen LogP contribution is 2.53. The molecular weight excluding hydrogens is 582 g/mol. The van der Waals surface area contributed by atoms with E-state index in [1.54, 1.807) is 24.3 Å². The Hall–Kier alpha value is -1.88. The third-order valence-corrected chi connectivity index (χ3v) is 7.47. The third-order valence-electron chi connectivity index (χ3n) is 6.24. The monoisotopic (exact) mass is 602 g/mol. The molecule has 2 heterocycles. The maximum Gasteiger partial charge on any atom is 0.324 e. The summed E-state index contributed by atoms with van der Waals surface area (Å²) in [5.41, 5.74) is -1.16. The minimum absolute atomic E-state index is 0.0289. The van der Waals surface area contributed by atoms with Crippen molar-refractivity contribution in [1.29, 1.82) is 0 Å². The molecule has 4 unspecified atom stereocenters. The number of nitrogens with zero attached hydrogens (tertiary/aromatic N) is 1. The fourth-order valence-corrected chi connectivity index (χ4v) is 5.92. The number of carboxylic acids is 1. The second kappa shape index (κ2) is 8.72. The van der Waals surface area contributed by atoms with Gasteiger partial charge in [0.05, 0.1) is 22.5 Å². The molecule has 2 aliphatic rings. The molecule has 33 heavy (non-hydrogen) atoms. The fourth-order valence-electron chi connectivity index (χ4n) is 5.05. The molecule has 3 N–H and O–H groups in total. The Morgan fingerprint density at radius 2 is 1.82 bits per heavy atom. The van der Waals surface area contributed by atoms with Crippen molar-refractivity contribution < 1.29 is 24.6 Å². The van der Waals surface area contributed by atoms with Gasteiger partial charge in [-0.3, -0.25) is 19.7 Å². The fraction of sp³-hybridized carbons (Fsp3) is 0.348. The lowest BCUT2D eigenvalue weighted by Crippen LogP contribution is -2.56. The molecule has 2 fully saturated rings. The maximum atomic E-state index is 13.7. The predicted molar refractivity (Wildman–Crippen MR) is 132 cm³/mol. The van der Waals surface area contributed by atoms with Crippen molar-refractivity contribution in [3.63, 3.8) is 0 Å². The van der Waals surface area contributed by atoms with E-state index in [9.17, 15) is 24.6 Å². The van der Waals surface area contributed by atoms with Crippen molar-refractivity contribution in [2.24, 2.45) is 17.8 Å². The Labute approximate surface area is 214 Å². The van der Waals surface area contributed by atoms with E-state index in [1.807, 2.05) is 13.8 Å². The van der Waals surface area contributed by atoms with Crippen molar-refractivity contribution in [2.75, 3.05) is 4.90 Å². The molecule has 2 aliphatic heterocycles. The van der Waals surface area contributed by atoms with Gasteiger partial charge in [0.2, 0.25) is 11.8 Å². The van der Waals surface area contributed by atoms with Crippen LogP contribution in [-0.4, -0.2) is 33.5 Å². The summed E-state index contributed by atoms with van der Waals surface area (Å²) in [5, 5.41) is 24.2. The van der Waals surface area contributed by atoms with Gasteiger partial charge in [-0.05, 0) is 71.3 Å². The number of carboxylic acid groups (broad SMARTS) is 1. The predicted octanol–water partition coefficient (Wildman–Crippen LogP) is 4.62. The number of imide groups is 1. The van der Waals surface area contributed by atoms with E-state index in [4.69, 9.17) is 23.2 Å². The van der Waals surface area contributed by atoms with Crippen molar-refractivity contribution in [3.8, 4) is 5.75 Å². The van der Waals surface area contributed by atoms with E-state index in [2.05, 4.69) is 27.9 Å². The zero-order valence-electron chi connectivity index (χ0n) is 17.7. The number of carbonyl (C=O) groups excluding carboxylic acids is 2. The Kier molecular flexibility index (Phi) is 6.41. The lowest BCUT2D eigenvalue weighted by Gasteiger charge is -2.32. The quantitative estimate of drug-likeness (QED) is 0.340. The summed E-state index contributed by atoms with van der Waals surface area (Å²) in [6.07, 6.45) is 0.106. The van der Waals surface area contributed by atoms with E-state index in [0.717, 1.165) is 8.47 Å². The highest BCUT2D eigenvalue weighted by atomic mass is 127. The summed E-state index contributed by atoms with van der Waals surface area (Å²) in [5.74, 6) is -5.00. The minimum Gasteiger partial charge on any atom is -0.506 e. The number of phenols is 1. The summed E-state index contributed by atoms with van der Waals surface area (Å²) in [6.45, 7) is 3.70. The summed E-state index contributed by atoms with van der Waals surface area (Å²) in [4.78, 5) is 41.1. The Bertz CT molecular complexity index is 1160. The van der Waals surface area contributed by atoms with Crippen LogP contribution < -0.4 is 10.2 Å². The van der Waals surface area contributed by atoms with Gasteiger partial charge in [-0.15, -0.1) is 0 Å². The maximum absolute atomic E-state index is 13.7. The van der Waals surface area contributed by atoms with E-state index in [-0.39, 0.29) is 33.7 Å². The number of benzene rings is 2. The molecular formula is C23H21Cl2IN2O5. The van der Waals surface area contributed by atoms with Crippen molar-refractivity contribution in [2.45, 2.75) is 31.8 Å². The van der Waals surface area contributed by atoms with Gasteiger partial charge >= 0.3 is 5.97 Å². The van der Waals surface area contributed by atoms with Crippen LogP contribution in [0.15, 0.2) is 36.4 Å². The molecule has 2 aromatic rings. The molecule has 0 saturated carbocycles. The second-order valence-corrected chi connectivity index (χ2v) is 10.9. The molecule has 0 bridgehead atoms. The number of aromatic hydroxyl groups is 1. The van der Waals surface area contributed by atoms with Gasteiger partial charge in [0.1, 0.15) is 11.3 Å². The summed E-state index contributed by atoms with van der Waals surface area (Å²) in [7, 11) is 0. The number of rotatable bonds is 5. The topological polar surface area (TPSA) is 107 Å². The number of fused-ring (bicyclic) bond motifs is 1. The number of anilines is 1.